The molecule has 0 saturated carbocycles. The molecular weight excluding hydrogens is 616 g/mol. The van der Waals surface area contributed by atoms with Gasteiger partial charge in [-0.15, -0.1) is 22.2 Å². The molecule has 0 atom stereocenters. The van der Waals surface area contributed by atoms with Crippen LogP contribution in [-0.2, 0) is 0 Å². The molecular formula is C36H32Cl2N2Si3. The van der Waals surface area contributed by atoms with Crippen molar-refractivity contribution in [3.63, 3.8) is 0 Å². The number of hydrogen-bond donors (Lipinski definition) is 2. The van der Waals surface area contributed by atoms with Gasteiger partial charge in [0.15, 0.2) is 0 Å². The smallest absolute Gasteiger partial charge is 0.284 e. The standard InChI is InChI=1S/C36H32Cl2N2Si3/c37-41(31-19-7-1-8-20-31,32-21-9-2-10-22-32)39-43(35-27-15-5-16-28-35,36-29-17-6-18-30-36)40-42(38,33-23-11-3-12-24-33)34-25-13-4-14-26-34/h1-30,39-40H. The fraction of sp³-hybridized carbons (Fsp3) is 0. The Morgan fingerprint density at radius 1 is 0.279 bits per heavy atom. The van der Waals surface area contributed by atoms with Crippen LogP contribution in [0.15, 0.2) is 182 Å². The minimum atomic E-state index is -3.19. The second-order valence-corrected chi connectivity index (χ2v) is 23.5. The highest BCUT2D eigenvalue weighted by molar-refractivity contribution is 7.40. The number of nitrogens with one attached hydrogen (secondary N) is 2. The van der Waals surface area contributed by atoms with Crippen molar-refractivity contribution in [2.45, 2.75) is 0 Å². The summed E-state index contributed by atoms with van der Waals surface area (Å²) in [7, 11) is -9.43. The fourth-order valence-corrected chi connectivity index (χ4v) is 24.3. The normalized spacial score (nSPS) is 12.1. The Morgan fingerprint density at radius 2 is 0.465 bits per heavy atom. The summed E-state index contributed by atoms with van der Waals surface area (Å²) in [6, 6.07) is 63.3. The highest BCUT2D eigenvalue weighted by Gasteiger charge is 2.53. The van der Waals surface area contributed by atoms with Crippen LogP contribution in [0.1, 0.15) is 0 Å². The molecule has 2 N–H and O–H groups in total. The van der Waals surface area contributed by atoms with E-state index < -0.39 is 23.5 Å². The highest BCUT2D eigenvalue weighted by Crippen LogP contribution is 2.17. The molecule has 0 saturated heterocycles. The third-order valence-electron chi connectivity index (χ3n) is 7.82. The van der Waals surface area contributed by atoms with Crippen LogP contribution in [0, 0.1) is 0 Å². The Bertz CT molecular complexity index is 1520. The number of halogens is 2. The van der Waals surface area contributed by atoms with E-state index >= 15 is 0 Å². The zero-order valence-electron chi connectivity index (χ0n) is 23.6. The van der Waals surface area contributed by atoms with Gasteiger partial charge in [-0.25, -0.2) is 0 Å². The van der Waals surface area contributed by atoms with E-state index in [9.17, 15) is 0 Å². The third kappa shape index (κ3) is 5.98. The van der Waals surface area contributed by atoms with Crippen molar-refractivity contribution in [2.75, 3.05) is 0 Å². The molecule has 7 heteroatoms. The lowest BCUT2D eigenvalue weighted by atomic mass is 10.4. The molecule has 0 fully saturated rings. The summed E-state index contributed by atoms with van der Waals surface area (Å²) in [6.07, 6.45) is 0. The molecule has 6 aromatic rings. The average Bonchev–Trinajstić information content (AvgIpc) is 3.10. The molecule has 0 aliphatic heterocycles. The van der Waals surface area contributed by atoms with Crippen LogP contribution >= 0.6 is 22.2 Å². The van der Waals surface area contributed by atoms with Crippen LogP contribution in [0.25, 0.3) is 0 Å². The second-order valence-electron chi connectivity index (χ2n) is 10.5. The summed E-state index contributed by atoms with van der Waals surface area (Å²) in [5.41, 5.74) is 0. The minimum Gasteiger partial charge on any atom is -0.321 e. The van der Waals surface area contributed by atoms with Gasteiger partial charge in [0.05, 0.1) is 0 Å². The molecule has 212 valence electrons. The molecule has 0 spiro atoms. The van der Waals surface area contributed by atoms with Gasteiger partial charge in [-0.2, -0.15) is 0 Å². The summed E-state index contributed by atoms with van der Waals surface area (Å²) in [5.74, 6) is 0. The quantitative estimate of drug-likeness (QED) is 0.170. The molecule has 2 nitrogen and oxygen atoms in total. The molecule has 43 heavy (non-hydrogen) atoms. The van der Waals surface area contributed by atoms with E-state index in [1.54, 1.807) is 0 Å². The van der Waals surface area contributed by atoms with Gasteiger partial charge in [-0.3, -0.25) is 0 Å². The lowest BCUT2D eigenvalue weighted by Gasteiger charge is -2.45. The van der Waals surface area contributed by atoms with Crippen LogP contribution in [0.3, 0.4) is 0 Å². The minimum absolute atomic E-state index is 1.09. The molecule has 0 bridgehead atoms. The summed E-state index contributed by atoms with van der Waals surface area (Å²) in [4.78, 5) is 0. The largest absolute Gasteiger partial charge is 0.321 e. The van der Waals surface area contributed by atoms with Crippen LogP contribution in [-0.4, -0.2) is 23.5 Å². The van der Waals surface area contributed by atoms with Crippen molar-refractivity contribution in [1.82, 2.24) is 9.30 Å². The van der Waals surface area contributed by atoms with E-state index in [4.69, 9.17) is 22.2 Å². The SMILES string of the molecule is Cl[Si](N[Si](N[Si](Cl)(c1ccccc1)c1ccccc1)(c1ccccc1)c1ccccc1)(c1ccccc1)c1ccccc1. The van der Waals surface area contributed by atoms with Gasteiger partial charge in [-0.05, 0) is 31.1 Å². The zero-order chi connectivity index (χ0) is 29.6. The summed E-state index contributed by atoms with van der Waals surface area (Å²) >= 11 is 16.2. The van der Waals surface area contributed by atoms with E-state index in [2.05, 4.69) is 167 Å². The van der Waals surface area contributed by atoms with E-state index in [1.807, 2.05) is 24.3 Å². The lowest BCUT2D eigenvalue weighted by molar-refractivity contribution is 1.28. The van der Waals surface area contributed by atoms with E-state index in [1.165, 1.54) is 0 Å². The first-order valence-corrected chi connectivity index (χ1v) is 22.4. The first-order valence-electron chi connectivity index (χ1n) is 14.3. The first kappa shape index (κ1) is 29.5. The van der Waals surface area contributed by atoms with Crippen molar-refractivity contribution in [2.24, 2.45) is 0 Å². The monoisotopic (exact) mass is 646 g/mol. The molecule has 6 rings (SSSR count). The predicted octanol–water partition coefficient (Wildman–Crippen LogP) is 4.41. The van der Waals surface area contributed by atoms with Crippen molar-refractivity contribution < 1.29 is 0 Å². The maximum atomic E-state index is 8.09. The van der Waals surface area contributed by atoms with E-state index in [0.717, 1.165) is 31.1 Å². The van der Waals surface area contributed by atoms with Crippen LogP contribution in [0.4, 0.5) is 0 Å². The Balaban J connectivity index is 1.66. The van der Waals surface area contributed by atoms with Crippen molar-refractivity contribution in [3.8, 4) is 0 Å². The van der Waals surface area contributed by atoms with Crippen molar-refractivity contribution >= 4 is 76.8 Å². The van der Waals surface area contributed by atoms with Gasteiger partial charge >= 0.3 is 0 Å². The van der Waals surface area contributed by atoms with Gasteiger partial charge in [0.2, 0.25) is 0 Å². The Kier molecular flexibility index (Phi) is 8.93. The Morgan fingerprint density at radius 3 is 0.674 bits per heavy atom. The third-order valence-corrected chi connectivity index (χ3v) is 24.8. The van der Waals surface area contributed by atoms with Gasteiger partial charge in [-0.1, -0.05) is 182 Å². The molecule has 0 aliphatic rings. The Labute approximate surface area is 266 Å². The molecule has 0 aromatic heterocycles. The zero-order valence-corrected chi connectivity index (χ0v) is 28.1. The van der Waals surface area contributed by atoms with Gasteiger partial charge in [0.1, 0.15) is 0 Å². The average molecular weight is 648 g/mol. The molecule has 0 radical (unpaired) electrons. The van der Waals surface area contributed by atoms with E-state index in [0.29, 0.717) is 0 Å². The van der Waals surface area contributed by atoms with Gasteiger partial charge in [0.25, 0.3) is 23.5 Å². The van der Waals surface area contributed by atoms with Crippen LogP contribution in [0.5, 0.6) is 0 Å². The van der Waals surface area contributed by atoms with Gasteiger partial charge < -0.3 is 9.30 Å². The van der Waals surface area contributed by atoms with Crippen LogP contribution in [0.2, 0.25) is 0 Å². The maximum absolute atomic E-state index is 8.09. The van der Waals surface area contributed by atoms with E-state index in [-0.39, 0.29) is 0 Å². The second kappa shape index (κ2) is 13.0. The summed E-state index contributed by atoms with van der Waals surface area (Å²) in [6.45, 7) is 0. The number of benzene rings is 6. The molecule has 0 amide bonds. The summed E-state index contributed by atoms with van der Waals surface area (Å²) in [5, 5.41) is 6.69. The lowest BCUT2D eigenvalue weighted by Crippen LogP contribution is -2.91. The molecule has 6 aromatic carbocycles. The van der Waals surface area contributed by atoms with Crippen molar-refractivity contribution in [1.29, 1.82) is 0 Å². The first-order chi connectivity index (χ1) is 21.0. The maximum Gasteiger partial charge on any atom is 0.284 e. The number of hydrogen-bond acceptors (Lipinski definition) is 2. The highest BCUT2D eigenvalue weighted by atomic mass is 35.6. The van der Waals surface area contributed by atoms with Crippen molar-refractivity contribution in [3.05, 3.63) is 182 Å². The van der Waals surface area contributed by atoms with Gasteiger partial charge in [0, 0.05) is 0 Å². The molecule has 0 heterocycles. The summed E-state index contributed by atoms with van der Waals surface area (Å²) < 4.78 is 8.57. The topological polar surface area (TPSA) is 24.1 Å². The molecule has 0 unspecified atom stereocenters. The molecule has 0 aliphatic carbocycles. The fourth-order valence-electron chi connectivity index (χ4n) is 5.67. The van der Waals surface area contributed by atoms with Crippen LogP contribution < -0.4 is 40.4 Å². The predicted molar refractivity (Wildman–Crippen MR) is 192 cm³/mol. The Hall–Kier alpha value is -3.53. The number of rotatable bonds is 10.